The van der Waals surface area contributed by atoms with Crippen LogP contribution in [-0.4, -0.2) is 35.7 Å². The summed E-state index contributed by atoms with van der Waals surface area (Å²) in [5.41, 5.74) is 0.792. The molecule has 0 aromatic carbocycles. The molecule has 28 heavy (non-hydrogen) atoms. The Hall–Kier alpha value is -2.58. The summed E-state index contributed by atoms with van der Waals surface area (Å²) in [6.45, 7) is 5.02. The number of piperidine rings is 1. The van der Waals surface area contributed by atoms with E-state index in [0.717, 1.165) is 11.6 Å². The SMILES string of the molecule is Cc1noc(C)c1CC(=O)NCC1CCN(c2ncccc2C(F)(F)F)CC1. The first-order valence-corrected chi connectivity index (χ1v) is 9.21. The lowest BCUT2D eigenvalue weighted by molar-refractivity contribution is -0.137. The Labute approximate surface area is 161 Å². The zero-order valence-electron chi connectivity index (χ0n) is 15.8. The molecule has 2 aromatic heterocycles. The minimum atomic E-state index is -4.42. The summed E-state index contributed by atoms with van der Waals surface area (Å²) in [6.07, 6.45) is -1.44. The van der Waals surface area contributed by atoms with Crippen molar-refractivity contribution < 1.29 is 22.5 Å². The van der Waals surface area contributed by atoms with E-state index >= 15 is 0 Å². The molecule has 0 atom stereocenters. The summed E-state index contributed by atoms with van der Waals surface area (Å²) in [4.78, 5) is 17.8. The number of hydrogen-bond acceptors (Lipinski definition) is 5. The van der Waals surface area contributed by atoms with Crippen molar-refractivity contribution in [3.05, 3.63) is 40.9 Å². The van der Waals surface area contributed by atoms with Crippen molar-refractivity contribution >= 4 is 11.7 Å². The first-order valence-electron chi connectivity index (χ1n) is 9.21. The van der Waals surface area contributed by atoms with Crippen molar-refractivity contribution in [1.29, 1.82) is 0 Å². The van der Waals surface area contributed by atoms with Crippen LogP contribution < -0.4 is 10.2 Å². The predicted octanol–water partition coefficient (Wildman–Crippen LogP) is 3.28. The lowest BCUT2D eigenvalue weighted by Crippen LogP contribution is -2.40. The van der Waals surface area contributed by atoms with E-state index in [1.807, 2.05) is 0 Å². The Morgan fingerprint density at radius 1 is 1.32 bits per heavy atom. The van der Waals surface area contributed by atoms with E-state index in [1.165, 1.54) is 12.3 Å². The number of alkyl halides is 3. The third kappa shape index (κ3) is 4.63. The maximum atomic E-state index is 13.2. The van der Waals surface area contributed by atoms with Crippen molar-refractivity contribution in [3.8, 4) is 0 Å². The molecule has 0 bridgehead atoms. The topological polar surface area (TPSA) is 71.3 Å². The molecule has 1 N–H and O–H groups in total. The predicted molar refractivity (Wildman–Crippen MR) is 96.9 cm³/mol. The van der Waals surface area contributed by atoms with Gasteiger partial charge in [0.15, 0.2) is 0 Å². The summed E-state index contributed by atoms with van der Waals surface area (Å²) in [5, 5.41) is 6.75. The average Bonchev–Trinajstić information content (AvgIpc) is 2.98. The molecular weight excluding hydrogens is 373 g/mol. The lowest BCUT2D eigenvalue weighted by Gasteiger charge is -2.34. The minimum Gasteiger partial charge on any atom is -0.361 e. The van der Waals surface area contributed by atoms with Crippen LogP contribution >= 0.6 is 0 Å². The quantitative estimate of drug-likeness (QED) is 0.840. The molecule has 1 aliphatic heterocycles. The fraction of sp³-hybridized carbons (Fsp3) is 0.526. The Morgan fingerprint density at radius 2 is 2.04 bits per heavy atom. The van der Waals surface area contributed by atoms with Gasteiger partial charge in [0.2, 0.25) is 5.91 Å². The number of halogens is 3. The molecule has 1 aliphatic rings. The fourth-order valence-corrected chi connectivity index (χ4v) is 3.45. The minimum absolute atomic E-state index is 0.0177. The zero-order valence-corrected chi connectivity index (χ0v) is 15.8. The molecule has 0 unspecified atom stereocenters. The van der Waals surface area contributed by atoms with Gasteiger partial charge in [-0.3, -0.25) is 4.79 Å². The first-order chi connectivity index (χ1) is 13.3. The van der Waals surface area contributed by atoms with E-state index in [0.29, 0.717) is 43.9 Å². The maximum Gasteiger partial charge on any atom is 0.419 e. The van der Waals surface area contributed by atoms with Gasteiger partial charge in [-0.05, 0) is 44.7 Å². The second kappa shape index (κ2) is 8.20. The molecule has 9 heteroatoms. The van der Waals surface area contributed by atoms with Crippen molar-refractivity contribution in [2.24, 2.45) is 5.92 Å². The van der Waals surface area contributed by atoms with E-state index in [4.69, 9.17) is 4.52 Å². The summed E-state index contributed by atoms with van der Waals surface area (Å²) >= 11 is 0. The van der Waals surface area contributed by atoms with Gasteiger partial charge in [-0.25, -0.2) is 4.98 Å². The number of carbonyl (C=O) groups is 1. The second-order valence-electron chi connectivity index (χ2n) is 7.09. The van der Waals surface area contributed by atoms with Crippen LogP contribution in [0.3, 0.4) is 0 Å². The normalized spacial score (nSPS) is 15.7. The molecule has 1 saturated heterocycles. The van der Waals surface area contributed by atoms with Crippen LogP contribution in [0.2, 0.25) is 0 Å². The highest BCUT2D eigenvalue weighted by atomic mass is 19.4. The van der Waals surface area contributed by atoms with E-state index in [9.17, 15) is 18.0 Å². The van der Waals surface area contributed by atoms with Crippen LogP contribution in [0, 0.1) is 19.8 Å². The van der Waals surface area contributed by atoms with Crippen molar-refractivity contribution in [2.75, 3.05) is 24.5 Å². The Morgan fingerprint density at radius 3 is 2.64 bits per heavy atom. The van der Waals surface area contributed by atoms with Gasteiger partial charge in [-0.2, -0.15) is 13.2 Å². The van der Waals surface area contributed by atoms with E-state index in [2.05, 4.69) is 15.5 Å². The van der Waals surface area contributed by atoms with Gasteiger partial charge in [0.1, 0.15) is 11.6 Å². The monoisotopic (exact) mass is 396 g/mol. The first kappa shape index (κ1) is 20.2. The molecule has 2 aromatic rings. The smallest absolute Gasteiger partial charge is 0.361 e. The van der Waals surface area contributed by atoms with E-state index < -0.39 is 11.7 Å². The highest BCUT2D eigenvalue weighted by Gasteiger charge is 2.36. The Balaban J connectivity index is 1.51. The van der Waals surface area contributed by atoms with Crippen LogP contribution in [0.4, 0.5) is 19.0 Å². The van der Waals surface area contributed by atoms with Gasteiger partial charge in [-0.15, -0.1) is 0 Å². The standard InChI is InChI=1S/C19H23F3N4O2/c1-12-15(13(2)28-25-12)10-17(27)24-11-14-5-8-26(9-6-14)18-16(19(20,21)22)4-3-7-23-18/h3-4,7,14H,5-6,8-11H2,1-2H3,(H,24,27). The van der Waals surface area contributed by atoms with Crippen LogP contribution in [0.1, 0.15) is 35.4 Å². The molecule has 0 saturated carbocycles. The Bertz CT molecular complexity index is 807. The van der Waals surface area contributed by atoms with Gasteiger partial charge in [0.05, 0.1) is 17.7 Å². The number of hydrogen-bond donors (Lipinski definition) is 1. The number of amides is 1. The van der Waals surface area contributed by atoms with Gasteiger partial charge in [0.25, 0.3) is 0 Å². The lowest BCUT2D eigenvalue weighted by atomic mass is 9.96. The highest BCUT2D eigenvalue weighted by Crippen LogP contribution is 2.36. The van der Waals surface area contributed by atoms with Crippen LogP contribution in [-0.2, 0) is 17.4 Å². The third-order valence-corrected chi connectivity index (χ3v) is 5.11. The summed E-state index contributed by atoms with van der Waals surface area (Å²) in [5.74, 6) is 0.733. The van der Waals surface area contributed by atoms with Gasteiger partial charge >= 0.3 is 6.18 Å². The Kier molecular flexibility index (Phi) is 5.90. The number of aromatic nitrogens is 2. The molecule has 0 radical (unpaired) electrons. The largest absolute Gasteiger partial charge is 0.419 e. The molecule has 6 nitrogen and oxygen atoms in total. The third-order valence-electron chi connectivity index (χ3n) is 5.11. The second-order valence-corrected chi connectivity index (χ2v) is 7.09. The average molecular weight is 396 g/mol. The van der Waals surface area contributed by atoms with Crippen molar-refractivity contribution in [1.82, 2.24) is 15.5 Å². The van der Waals surface area contributed by atoms with Crippen LogP contribution in [0.15, 0.2) is 22.9 Å². The number of pyridine rings is 1. The zero-order chi connectivity index (χ0) is 20.3. The molecule has 1 fully saturated rings. The summed E-state index contributed by atoms with van der Waals surface area (Å²) in [7, 11) is 0. The number of rotatable bonds is 5. The summed E-state index contributed by atoms with van der Waals surface area (Å²) in [6, 6.07) is 2.36. The summed E-state index contributed by atoms with van der Waals surface area (Å²) < 4.78 is 44.6. The molecule has 0 spiro atoms. The van der Waals surface area contributed by atoms with E-state index in [1.54, 1.807) is 18.7 Å². The van der Waals surface area contributed by atoms with Crippen LogP contribution in [0.5, 0.6) is 0 Å². The number of aryl methyl sites for hydroxylation is 2. The molecule has 1 amide bonds. The van der Waals surface area contributed by atoms with Crippen LogP contribution in [0.25, 0.3) is 0 Å². The number of anilines is 1. The molecular formula is C19H23F3N4O2. The molecule has 3 rings (SSSR count). The number of carbonyl (C=O) groups excluding carboxylic acids is 1. The molecule has 3 heterocycles. The van der Waals surface area contributed by atoms with Gasteiger partial charge < -0.3 is 14.7 Å². The maximum absolute atomic E-state index is 13.2. The van der Waals surface area contributed by atoms with Gasteiger partial charge in [-0.1, -0.05) is 5.16 Å². The number of nitrogens with one attached hydrogen (secondary N) is 1. The fourth-order valence-electron chi connectivity index (χ4n) is 3.45. The van der Waals surface area contributed by atoms with Gasteiger partial charge in [0, 0.05) is 31.4 Å². The molecule has 0 aliphatic carbocycles. The van der Waals surface area contributed by atoms with Crippen molar-refractivity contribution in [2.45, 2.75) is 39.3 Å². The van der Waals surface area contributed by atoms with E-state index in [-0.39, 0.29) is 24.1 Å². The van der Waals surface area contributed by atoms with Crippen molar-refractivity contribution in [3.63, 3.8) is 0 Å². The molecule has 152 valence electrons. The number of nitrogens with zero attached hydrogens (tertiary/aromatic N) is 3. The highest BCUT2D eigenvalue weighted by molar-refractivity contribution is 5.79.